The molecule has 0 saturated carbocycles. The summed E-state index contributed by atoms with van der Waals surface area (Å²) in [5, 5.41) is 0. The van der Waals surface area contributed by atoms with E-state index in [1.807, 2.05) is 0 Å². The fraction of sp³-hybridized carbons (Fsp3) is 0.0455. The van der Waals surface area contributed by atoms with Crippen LogP contribution in [0.15, 0.2) is 121 Å². The van der Waals surface area contributed by atoms with Crippen LogP contribution in [0.2, 0.25) is 0 Å². The van der Waals surface area contributed by atoms with Crippen molar-refractivity contribution < 1.29 is 35.1 Å². The zero-order valence-corrected chi connectivity index (χ0v) is 27.6. The second kappa shape index (κ2) is 13.6. The number of halogens is 8. The maximum absolute atomic E-state index is 16.8. The zero-order chi connectivity index (χ0) is 36.8. The van der Waals surface area contributed by atoms with Crippen molar-refractivity contribution in [3.05, 3.63) is 179 Å². The number of aryl methyl sites for hydroxylation is 2. The first-order chi connectivity index (χ1) is 25.0. The van der Waals surface area contributed by atoms with E-state index in [4.69, 9.17) is 0 Å². The van der Waals surface area contributed by atoms with Gasteiger partial charge >= 0.3 is 0 Å². The van der Waals surface area contributed by atoms with Crippen LogP contribution < -0.4 is 0 Å². The summed E-state index contributed by atoms with van der Waals surface area (Å²) in [4.78, 5) is 0. The lowest BCUT2D eigenvalue weighted by atomic mass is 9.82. The molecular weight excluding hydrogens is 680 g/mol. The van der Waals surface area contributed by atoms with Gasteiger partial charge in [-0.3, -0.25) is 0 Å². The van der Waals surface area contributed by atoms with E-state index in [1.54, 1.807) is 74.5 Å². The Hall–Kier alpha value is -6.02. The van der Waals surface area contributed by atoms with Crippen LogP contribution in [0.25, 0.3) is 66.8 Å². The highest BCUT2D eigenvalue weighted by Crippen LogP contribution is 2.49. The summed E-state index contributed by atoms with van der Waals surface area (Å²) in [6.45, 7) is 3.35. The maximum Gasteiger partial charge on any atom is 0.195 e. The largest absolute Gasteiger partial charge is 0.205 e. The Kier molecular flexibility index (Phi) is 9.01. The summed E-state index contributed by atoms with van der Waals surface area (Å²) in [5.74, 6) is -13.8. The standard InChI is InChI=1S/C44H26F8/c1-23-13-9-11-19-27(23)29-21-32(36-38(46)34(26-17-7-4-8-18-26)40(48)44(52)42(36)50)30(28-20-12-10-14-24(28)2)22-31(29)35-37(45)33(25-15-5-3-6-16-25)39(47)43(51)41(35)49/h3-22H,1-2H3. The average Bonchev–Trinajstić information content (AvgIpc) is 3.15. The van der Waals surface area contributed by atoms with Crippen molar-refractivity contribution in [3.63, 3.8) is 0 Å². The first-order valence-electron chi connectivity index (χ1n) is 16.1. The third kappa shape index (κ3) is 5.64. The minimum Gasteiger partial charge on any atom is -0.205 e. The van der Waals surface area contributed by atoms with Crippen molar-refractivity contribution in [2.24, 2.45) is 0 Å². The van der Waals surface area contributed by atoms with Gasteiger partial charge < -0.3 is 0 Å². The second-order valence-corrected chi connectivity index (χ2v) is 12.3. The van der Waals surface area contributed by atoms with Gasteiger partial charge in [-0.2, -0.15) is 0 Å². The number of hydrogen-bond donors (Lipinski definition) is 0. The minimum absolute atomic E-state index is 0.0435. The van der Waals surface area contributed by atoms with Crippen molar-refractivity contribution in [1.29, 1.82) is 0 Å². The summed E-state index contributed by atoms with van der Waals surface area (Å²) in [6.07, 6.45) is 0. The molecule has 7 aromatic carbocycles. The molecule has 0 bridgehead atoms. The van der Waals surface area contributed by atoms with E-state index in [-0.39, 0.29) is 33.4 Å². The van der Waals surface area contributed by atoms with Gasteiger partial charge in [-0.15, -0.1) is 0 Å². The molecule has 258 valence electrons. The van der Waals surface area contributed by atoms with Crippen LogP contribution in [0, 0.1) is 60.4 Å². The number of benzene rings is 7. The zero-order valence-electron chi connectivity index (χ0n) is 27.6. The Morgan fingerprint density at radius 2 is 0.577 bits per heavy atom. The van der Waals surface area contributed by atoms with E-state index >= 15 is 35.1 Å². The quantitative estimate of drug-likeness (QED) is 0.0918. The summed E-state index contributed by atoms with van der Waals surface area (Å²) in [7, 11) is 0. The molecule has 0 N–H and O–H groups in total. The molecule has 0 amide bonds. The molecule has 0 saturated heterocycles. The fourth-order valence-electron chi connectivity index (χ4n) is 6.67. The lowest BCUT2D eigenvalue weighted by Crippen LogP contribution is -2.07. The molecule has 0 aliphatic heterocycles. The Morgan fingerprint density at radius 3 is 0.923 bits per heavy atom. The highest BCUT2D eigenvalue weighted by Gasteiger charge is 2.33. The predicted molar refractivity (Wildman–Crippen MR) is 188 cm³/mol. The first-order valence-corrected chi connectivity index (χ1v) is 16.1. The van der Waals surface area contributed by atoms with Crippen LogP contribution in [0.4, 0.5) is 35.1 Å². The molecule has 0 unspecified atom stereocenters. The smallest absolute Gasteiger partial charge is 0.195 e. The van der Waals surface area contributed by atoms with Crippen LogP contribution in [-0.4, -0.2) is 0 Å². The lowest BCUT2D eigenvalue weighted by Gasteiger charge is -2.22. The van der Waals surface area contributed by atoms with Crippen molar-refractivity contribution in [2.75, 3.05) is 0 Å². The van der Waals surface area contributed by atoms with Crippen molar-refractivity contribution in [2.45, 2.75) is 13.8 Å². The second-order valence-electron chi connectivity index (χ2n) is 12.3. The van der Waals surface area contributed by atoms with E-state index < -0.39 is 68.8 Å². The number of hydrogen-bond acceptors (Lipinski definition) is 0. The molecular formula is C44H26F8. The van der Waals surface area contributed by atoms with Gasteiger partial charge in [0.2, 0.25) is 0 Å². The highest BCUT2D eigenvalue weighted by atomic mass is 19.2. The molecule has 7 aromatic rings. The van der Waals surface area contributed by atoms with Crippen LogP contribution in [-0.2, 0) is 0 Å². The van der Waals surface area contributed by atoms with Gasteiger partial charge in [-0.1, -0.05) is 109 Å². The lowest BCUT2D eigenvalue weighted by molar-refractivity contribution is 0.440. The molecule has 0 radical (unpaired) electrons. The predicted octanol–water partition coefficient (Wildman–Crippen LogP) is 13.4. The van der Waals surface area contributed by atoms with Gasteiger partial charge in [-0.05, 0) is 81.6 Å². The van der Waals surface area contributed by atoms with E-state index in [1.165, 1.54) is 60.7 Å². The molecule has 0 nitrogen and oxygen atoms in total. The molecule has 0 aliphatic carbocycles. The van der Waals surface area contributed by atoms with E-state index in [2.05, 4.69) is 0 Å². The number of rotatable bonds is 6. The summed E-state index contributed by atoms with van der Waals surface area (Å²) in [5.41, 5.74) is -2.59. The van der Waals surface area contributed by atoms with Crippen LogP contribution in [0.3, 0.4) is 0 Å². The SMILES string of the molecule is Cc1ccccc1-c1cc(-c2c(F)c(F)c(F)c(-c3ccccc3)c2F)c(-c2ccccc2C)cc1-c1c(F)c(F)c(F)c(-c2ccccc2)c1F. The van der Waals surface area contributed by atoms with Gasteiger partial charge in [0, 0.05) is 0 Å². The molecule has 0 fully saturated rings. The van der Waals surface area contributed by atoms with Crippen molar-refractivity contribution >= 4 is 0 Å². The summed E-state index contributed by atoms with van der Waals surface area (Å²) < 4.78 is 128. The van der Waals surface area contributed by atoms with E-state index in [0.29, 0.717) is 22.3 Å². The fourth-order valence-corrected chi connectivity index (χ4v) is 6.67. The minimum atomic E-state index is -1.93. The molecule has 0 aliphatic rings. The van der Waals surface area contributed by atoms with Crippen LogP contribution >= 0.6 is 0 Å². The van der Waals surface area contributed by atoms with Crippen molar-refractivity contribution in [3.8, 4) is 66.8 Å². The highest BCUT2D eigenvalue weighted by molar-refractivity contribution is 5.98. The average molecular weight is 707 g/mol. The first kappa shape index (κ1) is 34.4. The van der Waals surface area contributed by atoms with Crippen molar-refractivity contribution in [1.82, 2.24) is 0 Å². The Morgan fingerprint density at radius 1 is 0.269 bits per heavy atom. The van der Waals surface area contributed by atoms with E-state index in [0.717, 1.165) is 0 Å². The van der Waals surface area contributed by atoms with Gasteiger partial charge in [0.05, 0.1) is 22.3 Å². The Labute approximate surface area is 294 Å². The van der Waals surface area contributed by atoms with Gasteiger partial charge in [0.25, 0.3) is 0 Å². The molecule has 8 heteroatoms. The Balaban J connectivity index is 1.68. The maximum atomic E-state index is 16.8. The van der Waals surface area contributed by atoms with E-state index in [9.17, 15) is 0 Å². The summed E-state index contributed by atoms with van der Waals surface area (Å²) >= 11 is 0. The van der Waals surface area contributed by atoms with Crippen LogP contribution in [0.1, 0.15) is 11.1 Å². The van der Waals surface area contributed by atoms with Gasteiger partial charge in [0.1, 0.15) is 11.6 Å². The van der Waals surface area contributed by atoms with Gasteiger partial charge in [0.15, 0.2) is 34.9 Å². The molecule has 7 rings (SSSR count). The normalized spacial score (nSPS) is 11.3. The molecule has 0 aromatic heterocycles. The third-order valence-electron chi connectivity index (χ3n) is 9.22. The molecule has 0 heterocycles. The Bertz CT molecular complexity index is 2330. The van der Waals surface area contributed by atoms with Crippen LogP contribution in [0.5, 0.6) is 0 Å². The third-order valence-corrected chi connectivity index (χ3v) is 9.22. The summed E-state index contributed by atoms with van der Waals surface area (Å²) in [6, 6.07) is 30.0. The topological polar surface area (TPSA) is 0 Å². The molecule has 0 atom stereocenters. The molecule has 52 heavy (non-hydrogen) atoms. The molecule has 0 spiro atoms. The van der Waals surface area contributed by atoms with Gasteiger partial charge in [-0.25, -0.2) is 35.1 Å². The monoisotopic (exact) mass is 706 g/mol.